The standard InChI is InChI=1S/C24H17FN6O/c25-21-11-9-19(15-18(21)8-10-20-16-26-23-7-4-13-27-30(20)23)29-24(32)31-22(12-14-28-31)17-5-2-1-3-6-17/h1-7,9,11,13-16,22H,12H2,(H,29,32)/t22-/m1/s1. The number of nitrogens with zero attached hydrogens (tertiary/aromatic N) is 5. The van der Waals surface area contributed by atoms with Gasteiger partial charge in [0.1, 0.15) is 11.5 Å². The highest BCUT2D eigenvalue weighted by atomic mass is 19.1. The number of benzene rings is 2. The molecule has 0 saturated carbocycles. The molecule has 1 N–H and O–H groups in total. The van der Waals surface area contributed by atoms with Crippen molar-refractivity contribution in [3.63, 3.8) is 0 Å². The quantitative estimate of drug-likeness (QED) is 0.489. The van der Waals surface area contributed by atoms with Crippen LogP contribution in [0.5, 0.6) is 0 Å². The molecule has 0 fully saturated rings. The van der Waals surface area contributed by atoms with E-state index in [1.54, 1.807) is 35.3 Å². The van der Waals surface area contributed by atoms with Crippen LogP contribution in [0.3, 0.4) is 0 Å². The van der Waals surface area contributed by atoms with Gasteiger partial charge in [0.15, 0.2) is 5.65 Å². The van der Waals surface area contributed by atoms with Gasteiger partial charge in [-0.25, -0.2) is 23.7 Å². The van der Waals surface area contributed by atoms with Crippen LogP contribution in [0.1, 0.15) is 29.3 Å². The second kappa shape index (κ2) is 8.32. The highest BCUT2D eigenvalue weighted by molar-refractivity contribution is 5.91. The predicted octanol–water partition coefficient (Wildman–Crippen LogP) is 4.23. The van der Waals surface area contributed by atoms with Gasteiger partial charge in [-0.05, 0) is 41.8 Å². The molecule has 5 rings (SSSR count). The summed E-state index contributed by atoms with van der Waals surface area (Å²) in [4.78, 5) is 17.1. The van der Waals surface area contributed by atoms with Crippen molar-refractivity contribution in [2.45, 2.75) is 12.5 Å². The minimum absolute atomic E-state index is 0.151. The topological polar surface area (TPSA) is 74.9 Å². The third kappa shape index (κ3) is 3.79. The third-order valence-corrected chi connectivity index (χ3v) is 5.04. The van der Waals surface area contributed by atoms with E-state index >= 15 is 0 Å². The molecule has 1 atom stereocenters. The number of anilines is 1. The number of fused-ring (bicyclic) bond motifs is 1. The first kappa shape index (κ1) is 19.5. The van der Waals surface area contributed by atoms with Crippen molar-refractivity contribution in [1.29, 1.82) is 0 Å². The predicted molar refractivity (Wildman–Crippen MR) is 119 cm³/mol. The van der Waals surface area contributed by atoms with Gasteiger partial charge in [-0.2, -0.15) is 10.2 Å². The smallest absolute Gasteiger partial charge is 0.306 e. The van der Waals surface area contributed by atoms with Crippen LogP contribution < -0.4 is 5.32 Å². The van der Waals surface area contributed by atoms with Crippen molar-refractivity contribution in [1.82, 2.24) is 19.6 Å². The lowest BCUT2D eigenvalue weighted by Gasteiger charge is -2.22. The maximum absolute atomic E-state index is 14.3. The summed E-state index contributed by atoms with van der Waals surface area (Å²) in [5.74, 6) is 5.21. The van der Waals surface area contributed by atoms with E-state index in [2.05, 4.69) is 32.3 Å². The van der Waals surface area contributed by atoms with Crippen molar-refractivity contribution in [3.8, 4) is 11.8 Å². The van der Waals surface area contributed by atoms with Gasteiger partial charge >= 0.3 is 6.03 Å². The summed E-state index contributed by atoms with van der Waals surface area (Å²) in [5, 5.41) is 12.6. The molecule has 7 nitrogen and oxygen atoms in total. The van der Waals surface area contributed by atoms with Gasteiger partial charge in [-0.1, -0.05) is 36.3 Å². The summed E-state index contributed by atoms with van der Waals surface area (Å²) < 4.78 is 15.9. The first-order valence-electron chi connectivity index (χ1n) is 9.97. The number of hydrogen-bond acceptors (Lipinski definition) is 4. The summed E-state index contributed by atoms with van der Waals surface area (Å²) in [6, 6.07) is 16.9. The third-order valence-electron chi connectivity index (χ3n) is 5.04. The Balaban J connectivity index is 1.36. The van der Waals surface area contributed by atoms with Gasteiger partial charge in [0.25, 0.3) is 0 Å². The number of hydrazone groups is 1. The Labute approximate surface area is 183 Å². The minimum Gasteiger partial charge on any atom is -0.306 e. The number of hydrogen-bond donors (Lipinski definition) is 1. The molecule has 32 heavy (non-hydrogen) atoms. The molecular weight excluding hydrogens is 407 g/mol. The Morgan fingerprint density at radius 3 is 2.84 bits per heavy atom. The van der Waals surface area contributed by atoms with Crippen LogP contribution in [-0.2, 0) is 0 Å². The van der Waals surface area contributed by atoms with Crippen molar-refractivity contribution < 1.29 is 9.18 Å². The fourth-order valence-corrected chi connectivity index (χ4v) is 3.49. The monoisotopic (exact) mass is 424 g/mol. The number of carbonyl (C=O) groups excluding carboxylic acids is 1. The molecule has 0 saturated heterocycles. The number of halogens is 1. The zero-order valence-corrected chi connectivity index (χ0v) is 16.8. The van der Waals surface area contributed by atoms with Crippen LogP contribution in [0.2, 0.25) is 0 Å². The lowest BCUT2D eigenvalue weighted by atomic mass is 10.1. The van der Waals surface area contributed by atoms with Crippen molar-refractivity contribution in [2.24, 2.45) is 5.10 Å². The number of imidazole rings is 1. The van der Waals surface area contributed by atoms with Crippen molar-refractivity contribution in [3.05, 3.63) is 95.7 Å². The molecule has 2 aromatic heterocycles. The van der Waals surface area contributed by atoms with Crippen molar-refractivity contribution in [2.75, 3.05) is 5.32 Å². The Morgan fingerprint density at radius 1 is 1.09 bits per heavy atom. The van der Waals surface area contributed by atoms with Crippen LogP contribution in [0.4, 0.5) is 14.9 Å². The minimum atomic E-state index is -0.487. The highest BCUT2D eigenvalue weighted by Gasteiger charge is 2.28. The highest BCUT2D eigenvalue weighted by Crippen LogP contribution is 2.28. The zero-order valence-electron chi connectivity index (χ0n) is 16.8. The molecule has 2 amide bonds. The van der Waals surface area contributed by atoms with E-state index in [4.69, 9.17) is 0 Å². The first-order valence-corrected chi connectivity index (χ1v) is 9.97. The number of urea groups is 1. The molecule has 0 aliphatic carbocycles. The fourth-order valence-electron chi connectivity index (χ4n) is 3.49. The molecule has 1 aliphatic heterocycles. The maximum atomic E-state index is 14.3. The average Bonchev–Trinajstić information content (AvgIpc) is 3.47. The number of carbonyl (C=O) groups is 1. The van der Waals surface area contributed by atoms with Crippen LogP contribution >= 0.6 is 0 Å². The number of aromatic nitrogens is 3. The number of rotatable bonds is 2. The molecular formula is C24H17FN6O. The summed E-state index contributed by atoms with van der Waals surface area (Å²) in [6.07, 6.45) is 5.54. The molecule has 0 bridgehead atoms. The molecule has 1 aliphatic rings. The van der Waals surface area contributed by atoms with E-state index in [1.165, 1.54) is 23.2 Å². The van der Waals surface area contributed by atoms with Crippen molar-refractivity contribution >= 4 is 23.6 Å². The normalized spacial score (nSPS) is 14.9. The molecule has 0 unspecified atom stereocenters. The van der Waals surface area contributed by atoms with Crippen LogP contribution in [-0.4, -0.2) is 31.9 Å². The summed E-state index contributed by atoms with van der Waals surface area (Å²) in [6.45, 7) is 0. The fraction of sp³-hybridized carbons (Fsp3) is 0.0833. The Hall–Kier alpha value is -4.51. The molecule has 3 heterocycles. The van der Waals surface area contributed by atoms with Gasteiger partial charge in [-0.15, -0.1) is 0 Å². The SMILES string of the molecule is O=C(Nc1ccc(F)c(C#Cc2cnc3cccnn23)c1)N1N=CC[C@@H]1c1ccccc1. The van der Waals surface area contributed by atoms with Gasteiger partial charge in [-0.3, -0.25) is 0 Å². The summed E-state index contributed by atoms with van der Waals surface area (Å²) >= 11 is 0. The molecule has 8 heteroatoms. The lowest BCUT2D eigenvalue weighted by molar-refractivity contribution is 0.200. The molecule has 0 radical (unpaired) electrons. The Morgan fingerprint density at radius 2 is 1.97 bits per heavy atom. The van der Waals surface area contributed by atoms with Crippen LogP contribution in [0, 0.1) is 17.7 Å². The lowest BCUT2D eigenvalue weighted by Crippen LogP contribution is -2.31. The second-order valence-corrected chi connectivity index (χ2v) is 7.12. The number of amides is 2. The van der Waals surface area contributed by atoms with E-state index in [9.17, 15) is 9.18 Å². The largest absolute Gasteiger partial charge is 0.342 e. The first-order chi connectivity index (χ1) is 15.7. The zero-order chi connectivity index (χ0) is 21.9. The van der Waals surface area contributed by atoms with E-state index in [-0.39, 0.29) is 11.6 Å². The number of nitrogens with one attached hydrogen (secondary N) is 1. The van der Waals surface area contributed by atoms with Crippen LogP contribution in [0.15, 0.2) is 78.2 Å². The summed E-state index contributed by atoms with van der Waals surface area (Å²) in [5.41, 5.74) is 2.75. The average molecular weight is 424 g/mol. The summed E-state index contributed by atoms with van der Waals surface area (Å²) in [7, 11) is 0. The Kier molecular flexibility index (Phi) is 5.06. The van der Waals surface area contributed by atoms with Crippen LogP contribution in [0.25, 0.3) is 5.65 Å². The van der Waals surface area contributed by atoms with Gasteiger partial charge < -0.3 is 5.32 Å². The van der Waals surface area contributed by atoms with E-state index in [0.717, 1.165) is 5.56 Å². The van der Waals surface area contributed by atoms with Gasteiger partial charge in [0, 0.05) is 24.5 Å². The van der Waals surface area contributed by atoms with E-state index in [0.29, 0.717) is 23.4 Å². The van der Waals surface area contributed by atoms with Gasteiger partial charge in [0.2, 0.25) is 0 Å². The molecule has 156 valence electrons. The second-order valence-electron chi connectivity index (χ2n) is 7.12. The Bertz CT molecular complexity index is 1390. The van der Waals surface area contributed by atoms with E-state index in [1.807, 2.05) is 30.3 Å². The van der Waals surface area contributed by atoms with E-state index < -0.39 is 11.8 Å². The molecule has 4 aromatic rings. The molecule has 2 aromatic carbocycles. The molecule has 0 spiro atoms. The maximum Gasteiger partial charge on any atom is 0.342 e. The van der Waals surface area contributed by atoms with Gasteiger partial charge in [0.05, 0.1) is 17.8 Å².